The van der Waals surface area contributed by atoms with Gasteiger partial charge in [-0.2, -0.15) is 0 Å². The predicted octanol–water partition coefficient (Wildman–Crippen LogP) is 4.08. The van der Waals surface area contributed by atoms with E-state index in [-0.39, 0.29) is 5.78 Å². The smallest absolute Gasteiger partial charge is 0.167 e. The molecule has 3 heteroatoms. The number of benzene rings is 2. The van der Waals surface area contributed by atoms with E-state index in [0.29, 0.717) is 17.0 Å². The summed E-state index contributed by atoms with van der Waals surface area (Å²) in [6.45, 7) is 1.89. The van der Waals surface area contributed by atoms with Crippen molar-refractivity contribution in [3.05, 3.63) is 64.2 Å². The Hall–Kier alpha value is -1.80. The van der Waals surface area contributed by atoms with Gasteiger partial charge in [-0.05, 0) is 36.8 Å². The average molecular weight is 275 g/mol. The molecule has 0 saturated carbocycles. The van der Waals surface area contributed by atoms with Gasteiger partial charge in [0.2, 0.25) is 0 Å². The zero-order chi connectivity index (χ0) is 13.8. The quantitative estimate of drug-likeness (QED) is 0.785. The monoisotopic (exact) mass is 274 g/mol. The Bertz CT molecular complexity index is 605. The van der Waals surface area contributed by atoms with E-state index in [1.807, 2.05) is 31.2 Å². The molecule has 0 heterocycles. The molecule has 98 valence electrons. The summed E-state index contributed by atoms with van der Waals surface area (Å²) in [5.41, 5.74) is 2.49. The molecule has 0 spiro atoms. The number of ketones is 1. The van der Waals surface area contributed by atoms with Crippen molar-refractivity contribution in [2.75, 3.05) is 7.11 Å². The molecule has 0 bridgehead atoms. The Labute approximate surface area is 118 Å². The van der Waals surface area contributed by atoms with Crippen molar-refractivity contribution in [2.45, 2.75) is 13.3 Å². The standard InChI is InChI=1S/C16H15ClO2/c1-11-9-13(17)7-8-14(11)15(18)10-12-5-3-4-6-16(12)19-2/h3-9H,10H2,1-2H3. The van der Waals surface area contributed by atoms with Crippen LogP contribution in [0.15, 0.2) is 42.5 Å². The van der Waals surface area contributed by atoms with Crippen LogP contribution in [-0.2, 0) is 6.42 Å². The lowest BCUT2D eigenvalue weighted by atomic mass is 9.99. The van der Waals surface area contributed by atoms with Crippen molar-refractivity contribution >= 4 is 17.4 Å². The maximum atomic E-state index is 12.3. The highest BCUT2D eigenvalue weighted by Crippen LogP contribution is 2.21. The summed E-state index contributed by atoms with van der Waals surface area (Å²) in [5.74, 6) is 0.807. The molecule has 0 atom stereocenters. The molecule has 0 unspecified atom stereocenters. The summed E-state index contributed by atoms with van der Waals surface area (Å²) in [5, 5.41) is 0.645. The van der Waals surface area contributed by atoms with Gasteiger partial charge in [-0.3, -0.25) is 4.79 Å². The fraction of sp³-hybridized carbons (Fsp3) is 0.188. The lowest BCUT2D eigenvalue weighted by molar-refractivity contribution is 0.0991. The van der Waals surface area contributed by atoms with Crippen LogP contribution in [-0.4, -0.2) is 12.9 Å². The lowest BCUT2D eigenvalue weighted by Gasteiger charge is -2.09. The van der Waals surface area contributed by atoms with Crippen LogP contribution >= 0.6 is 11.6 Å². The number of carbonyl (C=O) groups is 1. The van der Waals surface area contributed by atoms with Crippen LogP contribution in [0.5, 0.6) is 5.75 Å². The zero-order valence-electron chi connectivity index (χ0n) is 10.9. The Morgan fingerprint density at radius 3 is 2.63 bits per heavy atom. The van der Waals surface area contributed by atoms with Gasteiger partial charge >= 0.3 is 0 Å². The number of Topliss-reactive ketones (excluding diaryl/α,β-unsaturated/α-hetero) is 1. The Morgan fingerprint density at radius 2 is 1.95 bits per heavy atom. The van der Waals surface area contributed by atoms with Crippen molar-refractivity contribution < 1.29 is 9.53 Å². The highest BCUT2D eigenvalue weighted by atomic mass is 35.5. The van der Waals surface area contributed by atoms with Gasteiger partial charge in [0, 0.05) is 22.6 Å². The third-order valence-corrected chi connectivity index (χ3v) is 3.27. The molecule has 0 aliphatic heterocycles. The largest absolute Gasteiger partial charge is 0.496 e. The SMILES string of the molecule is COc1ccccc1CC(=O)c1ccc(Cl)cc1C. The van der Waals surface area contributed by atoms with Crippen molar-refractivity contribution in [3.8, 4) is 5.75 Å². The van der Waals surface area contributed by atoms with Crippen molar-refractivity contribution in [1.82, 2.24) is 0 Å². The number of ether oxygens (including phenoxy) is 1. The van der Waals surface area contributed by atoms with Gasteiger partial charge in [-0.1, -0.05) is 29.8 Å². The van der Waals surface area contributed by atoms with Crippen LogP contribution < -0.4 is 4.74 Å². The van der Waals surface area contributed by atoms with Crippen LogP contribution in [0, 0.1) is 6.92 Å². The van der Waals surface area contributed by atoms with E-state index in [1.54, 1.807) is 25.3 Å². The first-order valence-corrected chi connectivity index (χ1v) is 6.41. The topological polar surface area (TPSA) is 26.3 Å². The first-order valence-electron chi connectivity index (χ1n) is 6.03. The molecule has 0 N–H and O–H groups in total. The molecule has 2 aromatic carbocycles. The lowest BCUT2D eigenvalue weighted by Crippen LogP contribution is -2.06. The molecule has 0 aliphatic rings. The van der Waals surface area contributed by atoms with Crippen molar-refractivity contribution in [1.29, 1.82) is 0 Å². The van der Waals surface area contributed by atoms with E-state index in [0.717, 1.165) is 16.9 Å². The Morgan fingerprint density at radius 1 is 1.21 bits per heavy atom. The van der Waals surface area contributed by atoms with E-state index >= 15 is 0 Å². The molecule has 0 fully saturated rings. The normalized spacial score (nSPS) is 10.3. The molecular weight excluding hydrogens is 260 g/mol. The second-order valence-electron chi connectivity index (χ2n) is 4.37. The Kier molecular flexibility index (Phi) is 4.23. The van der Waals surface area contributed by atoms with Gasteiger partial charge in [-0.25, -0.2) is 0 Å². The molecule has 2 aromatic rings. The molecule has 0 amide bonds. The van der Waals surface area contributed by atoms with E-state index in [4.69, 9.17) is 16.3 Å². The van der Waals surface area contributed by atoms with Crippen LogP contribution in [0.2, 0.25) is 5.02 Å². The zero-order valence-corrected chi connectivity index (χ0v) is 11.7. The Balaban J connectivity index is 2.26. The maximum absolute atomic E-state index is 12.3. The molecule has 19 heavy (non-hydrogen) atoms. The summed E-state index contributed by atoms with van der Waals surface area (Å²) >= 11 is 5.90. The van der Waals surface area contributed by atoms with Crippen LogP contribution in [0.3, 0.4) is 0 Å². The van der Waals surface area contributed by atoms with Gasteiger partial charge in [0.25, 0.3) is 0 Å². The average Bonchev–Trinajstić information content (AvgIpc) is 2.39. The molecule has 2 rings (SSSR count). The summed E-state index contributed by atoms with van der Waals surface area (Å²) in [6, 6.07) is 12.9. The molecule has 0 aromatic heterocycles. The van der Waals surface area contributed by atoms with Crippen LogP contribution in [0.4, 0.5) is 0 Å². The summed E-state index contributed by atoms with van der Waals surface area (Å²) in [4.78, 5) is 12.3. The van der Waals surface area contributed by atoms with Gasteiger partial charge in [-0.15, -0.1) is 0 Å². The fourth-order valence-electron chi connectivity index (χ4n) is 2.06. The highest BCUT2D eigenvalue weighted by molar-refractivity contribution is 6.30. The first-order chi connectivity index (χ1) is 9.11. The number of hydrogen-bond acceptors (Lipinski definition) is 2. The number of para-hydroxylation sites is 1. The van der Waals surface area contributed by atoms with E-state index in [9.17, 15) is 4.79 Å². The van der Waals surface area contributed by atoms with Crippen LogP contribution in [0.25, 0.3) is 0 Å². The van der Waals surface area contributed by atoms with E-state index in [2.05, 4.69) is 0 Å². The second-order valence-corrected chi connectivity index (χ2v) is 4.81. The molecular formula is C16H15ClO2. The summed E-state index contributed by atoms with van der Waals surface area (Å²) in [6.07, 6.45) is 0.326. The number of methoxy groups -OCH3 is 1. The van der Waals surface area contributed by atoms with Crippen molar-refractivity contribution in [2.24, 2.45) is 0 Å². The van der Waals surface area contributed by atoms with Gasteiger partial charge in [0.15, 0.2) is 5.78 Å². The maximum Gasteiger partial charge on any atom is 0.167 e. The summed E-state index contributed by atoms with van der Waals surface area (Å²) in [7, 11) is 1.61. The predicted molar refractivity (Wildman–Crippen MR) is 77.2 cm³/mol. The minimum Gasteiger partial charge on any atom is -0.496 e. The second kappa shape index (κ2) is 5.89. The molecule has 2 nitrogen and oxygen atoms in total. The minimum absolute atomic E-state index is 0.0682. The number of halogens is 1. The van der Waals surface area contributed by atoms with Gasteiger partial charge < -0.3 is 4.74 Å². The van der Waals surface area contributed by atoms with Crippen LogP contribution in [0.1, 0.15) is 21.5 Å². The van der Waals surface area contributed by atoms with Gasteiger partial charge in [0.1, 0.15) is 5.75 Å². The number of rotatable bonds is 4. The van der Waals surface area contributed by atoms with Crippen molar-refractivity contribution in [3.63, 3.8) is 0 Å². The van der Waals surface area contributed by atoms with E-state index < -0.39 is 0 Å². The molecule has 0 radical (unpaired) electrons. The highest BCUT2D eigenvalue weighted by Gasteiger charge is 2.12. The number of aryl methyl sites for hydroxylation is 1. The summed E-state index contributed by atoms with van der Waals surface area (Å²) < 4.78 is 5.26. The van der Waals surface area contributed by atoms with E-state index in [1.165, 1.54) is 0 Å². The first kappa shape index (κ1) is 13.6. The number of carbonyl (C=O) groups excluding carboxylic acids is 1. The molecule has 0 aliphatic carbocycles. The van der Waals surface area contributed by atoms with Gasteiger partial charge in [0.05, 0.1) is 7.11 Å². The minimum atomic E-state index is 0.0682. The number of hydrogen-bond donors (Lipinski definition) is 0. The fourth-order valence-corrected chi connectivity index (χ4v) is 2.28. The third kappa shape index (κ3) is 3.15. The third-order valence-electron chi connectivity index (χ3n) is 3.03. The molecule has 0 saturated heterocycles.